The second-order valence-corrected chi connectivity index (χ2v) is 12.1. The highest BCUT2D eigenvalue weighted by molar-refractivity contribution is 7.92. The lowest BCUT2D eigenvalue weighted by atomic mass is 10.2. The number of anilines is 1. The summed E-state index contributed by atoms with van der Waals surface area (Å²) in [5.74, 6) is 0.547. The quantitative estimate of drug-likeness (QED) is 0.390. The van der Waals surface area contributed by atoms with E-state index in [1.807, 2.05) is 6.92 Å². The van der Waals surface area contributed by atoms with Crippen LogP contribution in [0, 0.1) is 0 Å². The Morgan fingerprint density at radius 2 is 1.57 bits per heavy atom. The van der Waals surface area contributed by atoms with Crippen molar-refractivity contribution in [2.45, 2.75) is 24.8 Å². The first-order chi connectivity index (χ1) is 17.5. The monoisotopic (exact) mass is 555 g/mol. The van der Waals surface area contributed by atoms with Gasteiger partial charge in [-0.15, -0.1) is 0 Å². The van der Waals surface area contributed by atoms with Crippen LogP contribution in [0.15, 0.2) is 53.4 Å². The summed E-state index contributed by atoms with van der Waals surface area (Å²) in [4.78, 5) is 12.9. The van der Waals surface area contributed by atoms with Gasteiger partial charge >= 0.3 is 0 Å². The summed E-state index contributed by atoms with van der Waals surface area (Å²) < 4.78 is 68.9. The zero-order valence-electron chi connectivity index (χ0n) is 21.1. The van der Waals surface area contributed by atoms with Crippen LogP contribution in [0.1, 0.15) is 13.8 Å². The van der Waals surface area contributed by atoms with E-state index in [1.165, 1.54) is 23.4 Å². The number of carbonyl (C=O) groups is 1. The SMILES string of the molecule is CCOc1ccc(N([C@H](C)C(=O)NCCOc2ccc(S(=O)(=O)N3CCOCC3)cc2)S(C)(=O)=O)cc1. The fourth-order valence-corrected chi connectivity index (χ4v) is 6.38. The van der Waals surface area contributed by atoms with Gasteiger partial charge in [0, 0.05) is 13.1 Å². The maximum Gasteiger partial charge on any atom is 0.243 e. The number of sulfonamides is 2. The molecule has 0 bridgehead atoms. The molecular weight excluding hydrogens is 522 g/mol. The molecule has 0 unspecified atom stereocenters. The van der Waals surface area contributed by atoms with Crippen molar-refractivity contribution < 1.29 is 35.8 Å². The second kappa shape index (κ2) is 12.6. The van der Waals surface area contributed by atoms with Gasteiger partial charge in [0.1, 0.15) is 24.1 Å². The molecule has 1 fully saturated rings. The van der Waals surface area contributed by atoms with Gasteiger partial charge in [-0.3, -0.25) is 9.10 Å². The van der Waals surface area contributed by atoms with Crippen molar-refractivity contribution in [2.75, 3.05) is 56.6 Å². The van der Waals surface area contributed by atoms with Gasteiger partial charge in [-0.05, 0) is 62.4 Å². The predicted molar refractivity (Wildman–Crippen MR) is 139 cm³/mol. The molecule has 0 aliphatic carbocycles. The Labute approximate surface area is 218 Å². The van der Waals surface area contributed by atoms with Gasteiger partial charge in [-0.1, -0.05) is 0 Å². The molecule has 13 heteroatoms. The molecule has 1 heterocycles. The third-order valence-electron chi connectivity index (χ3n) is 5.59. The molecule has 1 amide bonds. The summed E-state index contributed by atoms with van der Waals surface area (Å²) in [5.41, 5.74) is 0.344. The molecule has 204 valence electrons. The van der Waals surface area contributed by atoms with E-state index in [0.717, 1.165) is 10.6 Å². The van der Waals surface area contributed by atoms with Crippen LogP contribution in [0.3, 0.4) is 0 Å². The highest BCUT2D eigenvalue weighted by Gasteiger charge is 2.29. The Morgan fingerprint density at radius 3 is 2.14 bits per heavy atom. The molecule has 1 aliphatic heterocycles. The first kappa shape index (κ1) is 28.7. The van der Waals surface area contributed by atoms with Gasteiger partial charge in [0.25, 0.3) is 0 Å². The van der Waals surface area contributed by atoms with Crippen LogP contribution >= 0.6 is 0 Å². The van der Waals surface area contributed by atoms with E-state index in [9.17, 15) is 21.6 Å². The summed E-state index contributed by atoms with van der Waals surface area (Å²) in [6.07, 6.45) is 1.04. The maximum atomic E-state index is 12.7. The minimum absolute atomic E-state index is 0.107. The molecule has 1 N–H and O–H groups in total. The molecule has 11 nitrogen and oxygen atoms in total. The second-order valence-electron chi connectivity index (χ2n) is 8.29. The summed E-state index contributed by atoms with van der Waals surface area (Å²) in [6, 6.07) is 11.5. The number of nitrogens with one attached hydrogen (secondary N) is 1. The zero-order valence-corrected chi connectivity index (χ0v) is 22.8. The van der Waals surface area contributed by atoms with E-state index in [0.29, 0.717) is 50.1 Å². The molecule has 3 rings (SSSR count). The number of benzene rings is 2. The summed E-state index contributed by atoms with van der Waals surface area (Å²) in [6.45, 7) is 5.42. The number of hydrogen-bond donors (Lipinski definition) is 1. The van der Waals surface area contributed by atoms with Gasteiger partial charge in [-0.25, -0.2) is 16.8 Å². The molecule has 0 radical (unpaired) electrons. The van der Waals surface area contributed by atoms with Crippen molar-refractivity contribution in [1.82, 2.24) is 9.62 Å². The molecular formula is C24H33N3O8S2. The van der Waals surface area contributed by atoms with Crippen LogP contribution in [0.2, 0.25) is 0 Å². The molecule has 1 atom stereocenters. The topological polar surface area (TPSA) is 132 Å². The lowest BCUT2D eigenvalue weighted by molar-refractivity contribution is -0.121. The predicted octanol–water partition coefficient (Wildman–Crippen LogP) is 1.46. The number of hydrogen-bond acceptors (Lipinski definition) is 8. The molecule has 1 saturated heterocycles. The Balaban J connectivity index is 1.53. The lowest BCUT2D eigenvalue weighted by Crippen LogP contribution is -2.48. The number of amides is 1. The highest BCUT2D eigenvalue weighted by atomic mass is 32.2. The van der Waals surface area contributed by atoms with E-state index >= 15 is 0 Å². The average Bonchev–Trinajstić information content (AvgIpc) is 2.88. The minimum Gasteiger partial charge on any atom is -0.494 e. The third kappa shape index (κ3) is 7.57. The molecule has 0 saturated carbocycles. The van der Waals surface area contributed by atoms with E-state index in [4.69, 9.17) is 14.2 Å². The number of rotatable bonds is 12. The van der Waals surface area contributed by atoms with Gasteiger partial charge in [0.05, 0.1) is 43.2 Å². The van der Waals surface area contributed by atoms with Gasteiger partial charge in [-0.2, -0.15) is 4.31 Å². The molecule has 2 aromatic rings. The first-order valence-corrected chi connectivity index (χ1v) is 15.1. The van der Waals surface area contributed by atoms with E-state index < -0.39 is 32.0 Å². The van der Waals surface area contributed by atoms with Gasteiger partial charge in [0.15, 0.2) is 0 Å². The fraction of sp³-hybridized carbons (Fsp3) is 0.458. The van der Waals surface area contributed by atoms with E-state index in [-0.39, 0.29) is 18.0 Å². The van der Waals surface area contributed by atoms with Crippen LogP contribution in [0.4, 0.5) is 5.69 Å². The van der Waals surface area contributed by atoms with Gasteiger partial charge in [0.2, 0.25) is 26.0 Å². The summed E-state index contributed by atoms with van der Waals surface area (Å²) in [5, 5.41) is 2.68. The Hall–Kier alpha value is -2.87. The van der Waals surface area contributed by atoms with Crippen LogP contribution < -0.4 is 19.1 Å². The molecule has 0 aromatic heterocycles. The first-order valence-electron chi connectivity index (χ1n) is 11.8. The molecule has 2 aromatic carbocycles. The van der Waals surface area contributed by atoms with E-state index in [1.54, 1.807) is 36.4 Å². The van der Waals surface area contributed by atoms with Crippen LogP contribution in [0.25, 0.3) is 0 Å². The molecule has 37 heavy (non-hydrogen) atoms. The third-order valence-corrected chi connectivity index (χ3v) is 8.75. The van der Waals surface area contributed by atoms with Crippen molar-refractivity contribution in [1.29, 1.82) is 0 Å². The van der Waals surface area contributed by atoms with Crippen molar-refractivity contribution in [3.05, 3.63) is 48.5 Å². The summed E-state index contributed by atoms with van der Waals surface area (Å²) >= 11 is 0. The minimum atomic E-state index is -3.74. The normalized spacial score (nSPS) is 15.5. The maximum absolute atomic E-state index is 12.7. The average molecular weight is 556 g/mol. The lowest BCUT2D eigenvalue weighted by Gasteiger charge is -2.28. The smallest absolute Gasteiger partial charge is 0.243 e. The van der Waals surface area contributed by atoms with Crippen LogP contribution in [-0.4, -0.2) is 85.4 Å². The van der Waals surface area contributed by atoms with Crippen molar-refractivity contribution in [2.24, 2.45) is 0 Å². The van der Waals surface area contributed by atoms with Crippen molar-refractivity contribution >= 4 is 31.6 Å². The van der Waals surface area contributed by atoms with Crippen molar-refractivity contribution in [3.8, 4) is 11.5 Å². The standard InChI is InChI=1S/C24H33N3O8S2/c1-4-34-21-7-5-20(6-8-21)27(36(3,29)30)19(2)24(28)25-13-16-35-22-9-11-23(12-10-22)37(31,32)26-14-17-33-18-15-26/h5-12,19H,4,13-18H2,1-3H3,(H,25,28)/t19-/m1/s1. The highest BCUT2D eigenvalue weighted by Crippen LogP contribution is 2.24. The number of morpholine rings is 1. The van der Waals surface area contributed by atoms with Crippen molar-refractivity contribution in [3.63, 3.8) is 0 Å². The summed E-state index contributed by atoms with van der Waals surface area (Å²) in [7, 11) is -7.34. The number of nitrogens with zero attached hydrogens (tertiary/aromatic N) is 2. The molecule has 1 aliphatic rings. The van der Waals surface area contributed by atoms with Gasteiger partial charge < -0.3 is 19.5 Å². The Kier molecular flexibility index (Phi) is 9.76. The van der Waals surface area contributed by atoms with E-state index in [2.05, 4.69) is 5.32 Å². The van der Waals surface area contributed by atoms with Crippen LogP contribution in [-0.2, 0) is 29.6 Å². The number of ether oxygens (including phenoxy) is 3. The zero-order chi connectivity index (χ0) is 27.1. The fourth-order valence-electron chi connectivity index (χ4n) is 3.80. The van der Waals surface area contributed by atoms with Crippen LogP contribution in [0.5, 0.6) is 11.5 Å². The Bertz CT molecular complexity index is 1240. The largest absolute Gasteiger partial charge is 0.494 e. The Morgan fingerprint density at radius 1 is 1.00 bits per heavy atom. The number of carbonyl (C=O) groups excluding carboxylic acids is 1. The molecule has 0 spiro atoms.